The van der Waals surface area contributed by atoms with Crippen molar-refractivity contribution < 1.29 is 9.59 Å². The SMILES string of the molecule is CC(CN)N1C(=O)C2CC2C1=O. The average Bonchev–Trinajstić information content (AvgIpc) is 2.78. The van der Waals surface area contributed by atoms with Gasteiger partial charge in [-0.25, -0.2) is 0 Å². The molecule has 1 saturated carbocycles. The molecule has 0 radical (unpaired) electrons. The van der Waals surface area contributed by atoms with Gasteiger partial charge in [0, 0.05) is 12.6 Å². The fraction of sp³-hybridized carbons (Fsp3) is 0.750. The second-order valence-electron chi connectivity index (χ2n) is 3.58. The van der Waals surface area contributed by atoms with Gasteiger partial charge in [-0.05, 0) is 13.3 Å². The molecule has 1 saturated heterocycles. The summed E-state index contributed by atoms with van der Waals surface area (Å²) >= 11 is 0. The van der Waals surface area contributed by atoms with Crippen LogP contribution in [-0.2, 0) is 9.59 Å². The van der Waals surface area contributed by atoms with Crippen molar-refractivity contribution in [3.63, 3.8) is 0 Å². The fourth-order valence-electron chi connectivity index (χ4n) is 1.75. The predicted octanol–water partition coefficient (Wildman–Crippen LogP) is -0.662. The van der Waals surface area contributed by atoms with Gasteiger partial charge in [0.2, 0.25) is 11.8 Å². The summed E-state index contributed by atoms with van der Waals surface area (Å²) in [5.41, 5.74) is 5.39. The number of imide groups is 1. The van der Waals surface area contributed by atoms with Crippen molar-refractivity contribution in [2.24, 2.45) is 17.6 Å². The Balaban J connectivity index is 2.16. The summed E-state index contributed by atoms with van der Waals surface area (Å²) < 4.78 is 0. The molecule has 0 aromatic rings. The highest BCUT2D eigenvalue weighted by molar-refractivity contribution is 6.09. The third-order valence-electron chi connectivity index (χ3n) is 2.68. The Morgan fingerprint density at radius 2 is 2.00 bits per heavy atom. The molecule has 3 unspecified atom stereocenters. The number of nitrogens with two attached hydrogens (primary N) is 1. The van der Waals surface area contributed by atoms with Crippen molar-refractivity contribution in [3.05, 3.63) is 0 Å². The third-order valence-corrected chi connectivity index (χ3v) is 2.68. The molecule has 3 atom stereocenters. The summed E-state index contributed by atoms with van der Waals surface area (Å²) in [4.78, 5) is 24.1. The summed E-state index contributed by atoms with van der Waals surface area (Å²) in [6.07, 6.45) is 0.769. The molecule has 0 bridgehead atoms. The van der Waals surface area contributed by atoms with Crippen LogP contribution in [0.3, 0.4) is 0 Å². The molecular formula is C8H12N2O2. The van der Waals surface area contributed by atoms with Gasteiger partial charge in [-0.3, -0.25) is 14.5 Å². The van der Waals surface area contributed by atoms with Gasteiger partial charge in [0.15, 0.2) is 0 Å². The molecule has 1 heterocycles. The summed E-state index contributed by atoms with van der Waals surface area (Å²) in [5, 5.41) is 0. The fourth-order valence-corrected chi connectivity index (χ4v) is 1.75. The van der Waals surface area contributed by atoms with Crippen LogP contribution in [0.25, 0.3) is 0 Å². The van der Waals surface area contributed by atoms with E-state index in [-0.39, 0.29) is 29.7 Å². The molecular weight excluding hydrogens is 156 g/mol. The Morgan fingerprint density at radius 3 is 2.42 bits per heavy atom. The summed E-state index contributed by atoms with van der Waals surface area (Å²) in [5.74, 6) is -0.0103. The zero-order chi connectivity index (χ0) is 8.88. The highest BCUT2D eigenvalue weighted by Gasteiger charge is 2.59. The van der Waals surface area contributed by atoms with Crippen LogP contribution in [0.5, 0.6) is 0 Å². The summed E-state index contributed by atoms with van der Waals surface area (Å²) in [6, 6.07) is -0.127. The first kappa shape index (κ1) is 7.73. The van der Waals surface area contributed by atoms with E-state index in [2.05, 4.69) is 0 Å². The topological polar surface area (TPSA) is 63.4 Å². The van der Waals surface area contributed by atoms with Crippen molar-refractivity contribution in [2.45, 2.75) is 19.4 Å². The van der Waals surface area contributed by atoms with Crippen molar-refractivity contribution in [3.8, 4) is 0 Å². The molecule has 1 aliphatic carbocycles. The van der Waals surface area contributed by atoms with Gasteiger partial charge in [-0.2, -0.15) is 0 Å². The zero-order valence-corrected chi connectivity index (χ0v) is 6.99. The van der Waals surface area contributed by atoms with E-state index in [1.54, 1.807) is 6.92 Å². The van der Waals surface area contributed by atoms with Crippen LogP contribution >= 0.6 is 0 Å². The Morgan fingerprint density at radius 1 is 1.50 bits per heavy atom. The van der Waals surface area contributed by atoms with Crippen molar-refractivity contribution in [1.29, 1.82) is 0 Å². The summed E-state index contributed by atoms with van der Waals surface area (Å²) in [6.45, 7) is 2.16. The number of hydrogen-bond donors (Lipinski definition) is 1. The van der Waals surface area contributed by atoms with Crippen molar-refractivity contribution in [1.82, 2.24) is 4.90 Å². The van der Waals surface area contributed by atoms with Crippen LogP contribution in [0.15, 0.2) is 0 Å². The van der Waals surface area contributed by atoms with Crippen LogP contribution < -0.4 is 5.73 Å². The molecule has 12 heavy (non-hydrogen) atoms. The third kappa shape index (κ3) is 0.813. The smallest absolute Gasteiger partial charge is 0.233 e. The number of carbonyl (C=O) groups is 2. The Labute approximate surface area is 70.7 Å². The number of rotatable bonds is 2. The molecule has 4 heteroatoms. The lowest BCUT2D eigenvalue weighted by atomic mass is 10.2. The minimum Gasteiger partial charge on any atom is -0.328 e. The van der Waals surface area contributed by atoms with Gasteiger partial charge in [-0.1, -0.05) is 0 Å². The van der Waals surface area contributed by atoms with Gasteiger partial charge in [-0.15, -0.1) is 0 Å². The van der Waals surface area contributed by atoms with Gasteiger partial charge in [0.25, 0.3) is 0 Å². The van der Waals surface area contributed by atoms with E-state index in [9.17, 15) is 9.59 Å². The van der Waals surface area contributed by atoms with Gasteiger partial charge < -0.3 is 5.73 Å². The maximum Gasteiger partial charge on any atom is 0.233 e. The van der Waals surface area contributed by atoms with Crippen LogP contribution in [0.2, 0.25) is 0 Å². The molecule has 0 aromatic carbocycles. The number of carbonyl (C=O) groups excluding carboxylic acids is 2. The highest BCUT2D eigenvalue weighted by Crippen LogP contribution is 2.47. The molecule has 1 aliphatic heterocycles. The highest BCUT2D eigenvalue weighted by atomic mass is 16.2. The predicted molar refractivity (Wildman–Crippen MR) is 42.0 cm³/mol. The van der Waals surface area contributed by atoms with E-state index < -0.39 is 0 Å². The monoisotopic (exact) mass is 168 g/mol. The van der Waals surface area contributed by atoms with E-state index in [1.165, 1.54) is 4.90 Å². The number of hydrogen-bond acceptors (Lipinski definition) is 3. The van der Waals surface area contributed by atoms with Crippen molar-refractivity contribution >= 4 is 11.8 Å². The van der Waals surface area contributed by atoms with Crippen LogP contribution in [0.4, 0.5) is 0 Å². The maximum absolute atomic E-state index is 11.4. The molecule has 66 valence electrons. The first-order valence-electron chi connectivity index (χ1n) is 4.23. The second kappa shape index (κ2) is 2.29. The number of piperidine rings is 1. The molecule has 2 N–H and O–H groups in total. The second-order valence-corrected chi connectivity index (χ2v) is 3.58. The van der Waals surface area contributed by atoms with Gasteiger partial charge in [0.05, 0.1) is 11.8 Å². The first-order chi connectivity index (χ1) is 5.66. The first-order valence-corrected chi connectivity index (χ1v) is 4.23. The minimum absolute atomic E-state index is 0.00602. The lowest BCUT2D eigenvalue weighted by molar-refractivity contribution is -0.143. The lowest BCUT2D eigenvalue weighted by Crippen LogP contribution is -2.44. The van der Waals surface area contributed by atoms with Crippen LogP contribution in [0.1, 0.15) is 13.3 Å². The van der Waals surface area contributed by atoms with E-state index >= 15 is 0 Å². The number of amides is 2. The maximum atomic E-state index is 11.4. The number of fused-ring (bicyclic) bond motifs is 1. The molecule has 2 amide bonds. The van der Waals surface area contributed by atoms with E-state index in [1.807, 2.05) is 0 Å². The Hall–Kier alpha value is -0.900. The van der Waals surface area contributed by atoms with Crippen LogP contribution in [0, 0.1) is 11.8 Å². The number of nitrogens with zero attached hydrogens (tertiary/aromatic N) is 1. The zero-order valence-electron chi connectivity index (χ0n) is 6.99. The van der Waals surface area contributed by atoms with Crippen LogP contribution in [-0.4, -0.2) is 29.3 Å². The quantitative estimate of drug-likeness (QED) is 0.557. The Bertz CT molecular complexity index is 231. The normalized spacial score (nSPS) is 35.3. The largest absolute Gasteiger partial charge is 0.328 e. The summed E-state index contributed by atoms with van der Waals surface area (Å²) in [7, 11) is 0. The van der Waals surface area contributed by atoms with Gasteiger partial charge >= 0.3 is 0 Å². The number of likely N-dealkylation sites (tertiary alicyclic amines) is 1. The van der Waals surface area contributed by atoms with Crippen molar-refractivity contribution in [2.75, 3.05) is 6.54 Å². The van der Waals surface area contributed by atoms with Gasteiger partial charge in [0.1, 0.15) is 0 Å². The molecule has 2 fully saturated rings. The molecule has 4 nitrogen and oxygen atoms in total. The van der Waals surface area contributed by atoms with E-state index in [4.69, 9.17) is 5.73 Å². The molecule has 2 aliphatic rings. The average molecular weight is 168 g/mol. The standard InChI is InChI=1S/C8H12N2O2/c1-4(3-9)10-7(11)5-2-6(5)8(10)12/h4-6H,2-3,9H2,1H3. The molecule has 0 spiro atoms. The minimum atomic E-state index is -0.127. The van der Waals surface area contributed by atoms with E-state index in [0.29, 0.717) is 6.54 Å². The van der Waals surface area contributed by atoms with E-state index in [0.717, 1.165) is 6.42 Å². The molecule has 0 aromatic heterocycles. The molecule has 2 rings (SSSR count). The Kier molecular flexibility index (Phi) is 1.48. The lowest BCUT2D eigenvalue weighted by Gasteiger charge is -2.22.